The molecule has 3 N–H and O–H groups in total. The number of piperidine rings is 3. The molecule has 3 aliphatic heterocycles. The van der Waals surface area contributed by atoms with Crippen LogP contribution in [-0.2, 0) is 9.59 Å². The van der Waals surface area contributed by atoms with Gasteiger partial charge in [0, 0.05) is 42.7 Å². The van der Waals surface area contributed by atoms with Gasteiger partial charge in [-0.3, -0.25) is 19.7 Å². The summed E-state index contributed by atoms with van der Waals surface area (Å²) in [6.07, 6.45) is 5.12. The third-order valence-corrected chi connectivity index (χ3v) is 7.27. The lowest BCUT2D eigenvalue weighted by molar-refractivity contribution is -0.136. The molecule has 4 heterocycles. The number of aromatic nitrogens is 2. The van der Waals surface area contributed by atoms with Crippen molar-refractivity contribution in [3.8, 4) is 0 Å². The molecule has 1 atom stereocenters. The van der Waals surface area contributed by atoms with E-state index in [0.717, 1.165) is 50.1 Å². The van der Waals surface area contributed by atoms with Crippen LogP contribution in [0.3, 0.4) is 0 Å². The fourth-order valence-electron chi connectivity index (χ4n) is 5.35. The van der Waals surface area contributed by atoms with E-state index in [1.54, 1.807) is 0 Å². The van der Waals surface area contributed by atoms with Gasteiger partial charge in [0.2, 0.25) is 5.91 Å². The van der Waals surface area contributed by atoms with E-state index in [4.69, 9.17) is 0 Å². The molecule has 2 amide bonds. The normalized spacial score (nSPS) is 23.2. The van der Waals surface area contributed by atoms with Gasteiger partial charge in [0.15, 0.2) is 0 Å². The quantitative estimate of drug-likeness (QED) is 0.594. The number of fused-ring (bicyclic) bond motifs is 1. The second-order valence-corrected chi connectivity index (χ2v) is 9.48. The molecule has 0 saturated carbocycles. The average Bonchev–Trinajstić information content (AvgIpc) is 2.83. The zero-order valence-electron chi connectivity index (χ0n) is 19.1. The molecule has 3 fully saturated rings. The molecule has 33 heavy (non-hydrogen) atoms. The zero-order valence-corrected chi connectivity index (χ0v) is 19.1. The van der Waals surface area contributed by atoms with E-state index < -0.39 is 11.9 Å². The predicted octanol–water partition coefficient (Wildman–Crippen LogP) is 0.993. The molecular weight excluding hydrogens is 420 g/mol. The van der Waals surface area contributed by atoms with E-state index in [2.05, 4.69) is 32.0 Å². The van der Waals surface area contributed by atoms with Crippen LogP contribution in [0.15, 0.2) is 23.0 Å². The van der Waals surface area contributed by atoms with Crippen molar-refractivity contribution in [3.63, 3.8) is 0 Å². The van der Waals surface area contributed by atoms with Crippen molar-refractivity contribution in [2.75, 3.05) is 31.1 Å². The molecule has 0 spiro atoms. The third-order valence-electron chi connectivity index (χ3n) is 7.27. The van der Waals surface area contributed by atoms with Crippen LogP contribution in [0, 0.1) is 6.92 Å². The minimum absolute atomic E-state index is 0.211. The van der Waals surface area contributed by atoms with Gasteiger partial charge in [0.25, 0.3) is 11.5 Å². The van der Waals surface area contributed by atoms with Crippen molar-refractivity contribution >= 4 is 28.3 Å². The number of benzene rings is 1. The first kappa shape index (κ1) is 22.0. The average molecular weight is 453 g/mol. The summed E-state index contributed by atoms with van der Waals surface area (Å²) in [5.41, 5.74) is 1.52. The first-order valence-electron chi connectivity index (χ1n) is 12.1. The standard InChI is InChI=1S/C24H32N6O3/c1-15-20-14-18(29-12-8-17(9-13-29)26-16-6-10-25-11-7-16)2-3-19(20)24(33)30(28-15)21-4-5-22(31)27-23(21)32/h2-3,14,16-17,21,25-26H,4-13H2,1H3,(H,27,31,32). The summed E-state index contributed by atoms with van der Waals surface area (Å²) >= 11 is 0. The molecule has 3 saturated heterocycles. The van der Waals surface area contributed by atoms with Crippen LogP contribution >= 0.6 is 0 Å². The van der Waals surface area contributed by atoms with Crippen LogP contribution in [0.1, 0.15) is 50.3 Å². The van der Waals surface area contributed by atoms with Crippen molar-refractivity contribution in [2.24, 2.45) is 0 Å². The van der Waals surface area contributed by atoms with E-state index in [1.807, 2.05) is 19.1 Å². The van der Waals surface area contributed by atoms with E-state index in [9.17, 15) is 14.4 Å². The second kappa shape index (κ2) is 9.23. The van der Waals surface area contributed by atoms with E-state index >= 15 is 0 Å². The van der Waals surface area contributed by atoms with Crippen molar-refractivity contribution in [2.45, 2.75) is 63.6 Å². The molecule has 0 radical (unpaired) electrons. The topological polar surface area (TPSA) is 108 Å². The molecule has 3 aliphatic rings. The second-order valence-electron chi connectivity index (χ2n) is 9.48. The maximum absolute atomic E-state index is 13.1. The number of hydrogen-bond acceptors (Lipinski definition) is 7. The number of carbonyl (C=O) groups excluding carboxylic acids is 2. The monoisotopic (exact) mass is 452 g/mol. The largest absolute Gasteiger partial charge is 0.371 e. The SMILES string of the molecule is Cc1nn(C2CCC(=O)NC2=O)c(=O)c2ccc(N3CCC(NC4CCNCC4)CC3)cc12. The zero-order chi connectivity index (χ0) is 22.9. The van der Waals surface area contributed by atoms with Gasteiger partial charge in [-0.05, 0) is 70.3 Å². The van der Waals surface area contributed by atoms with Crippen molar-refractivity contribution < 1.29 is 9.59 Å². The third kappa shape index (κ3) is 4.52. The number of anilines is 1. The van der Waals surface area contributed by atoms with Crippen LogP contribution in [0.5, 0.6) is 0 Å². The van der Waals surface area contributed by atoms with Crippen LogP contribution < -0.4 is 26.4 Å². The van der Waals surface area contributed by atoms with Gasteiger partial charge < -0.3 is 15.5 Å². The summed E-state index contributed by atoms with van der Waals surface area (Å²) < 4.78 is 1.25. The number of hydrogen-bond donors (Lipinski definition) is 3. The van der Waals surface area contributed by atoms with Gasteiger partial charge >= 0.3 is 0 Å². The molecule has 9 heteroatoms. The number of nitrogens with zero attached hydrogens (tertiary/aromatic N) is 3. The molecule has 9 nitrogen and oxygen atoms in total. The Kier molecular flexibility index (Phi) is 6.16. The summed E-state index contributed by atoms with van der Waals surface area (Å²) in [7, 11) is 0. The van der Waals surface area contributed by atoms with Gasteiger partial charge in [0.05, 0.1) is 11.1 Å². The Morgan fingerprint density at radius 1 is 0.970 bits per heavy atom. The van der Waals surface area contributed by atoms with Gasteiger partial charge in [0.1, 0.15) is 6.04 Å². The molecule has 2 aromatic rings. The number of imide groups is 1. The van der Waals surface area contributed by atoms with E-state index in [0.29, 0.717) is 29.6 Å². The first-order valence-corrected chi connectivity index (χ1v) is 12.1. The Morgan fingerprint density at radius 2 is 1.70 bits per heavy atom. The summed E-state index contributed by atoms with van der Waals surface area (Å²) in [6, 6.07) is 6.35. The molecular formula is C24H32N6O3. The Hall–Kier alpha value is -2.78. The lowest BCUT2D eigenvalue weighted by Crippen LogP contribution is -2.49. The summed E-state index contributed by atoms with van der Waals surface area (Å²) in [5, 5.41) is 15.4. The van der Waals surface area contributed by atoms with Crippen molar-refractivity contribution in [1.82, 2.24) is 25.7 Å². The minimum Gasteiger partial charge on any atom is -0.371 e. The number of nitrogens with one attached hydrogen (secondary N) is 3. The predicted molar refractivity (Wildman–Crippen MR) is 126 cm³/mol. The number of aryl methyl sites for hydroxylation is 1. The van der Waals surface area contributed by atoms with Crippen LogP contribution in [0.4, 0.5) is 5.69 Å². The number of rotatable bonds is 4. The maximum atomic E-state index is 13.1. The molecule has 176 valence electrons. The minimum atomic E-state index is -0.746. The fourth-order valence-corrected chi connectivity index (χ4v) is 5.35. The van der Waals surface area contributed by atoms with E-state index in [1.165, 1.54) is 17.5 Å². The summed E-state index contributed by atoms with van der Waals surface area (Å²) in [5.74, 6) is -0.765. The van der Waals surface area contributed by atoms with Gasteiger partial charge in [-0.2, -0.15) is 5.10 Å². The first-order chi connectivity index (χ1) is 16.0. The Balaban J connectivity index is 1.32. The Morgan fingerprint density at radius 3 is 2.42 bits per heavy atom. The van der Waals surface area contributed by atoms with E-state index in [-0.39, 0.29) is 17.9 Å². The van der Waals surface area contributed by atoms with Gasteiger partial charge in [-0.1, -0.05) is 0 Å². The highest BCUT2D eigenvalue weighted by atomic mass is 16.2. The van der Waals surface area contributed by atoms with Gasteiger partial charge in [-0.25, -0.2) is 4.68 Å². The lowest BCUT2D eigenvalue weighted by atomic mass is 9.99. The fraction of sp³-hybridized carbons (Fsp3) is 0.583. The van der Waals surface area contributed by atoms with Crippen molar-refractivity contribution in [3.05, 3.63) is 34.2 Å². The molecule has 0 bridgehead atoms. The highest BCUT2D eigenvalue weighted by Gasteiger charge is 2.30. The molecule has 1 aromatic carbocycles. The smallest absolute Gasteiger partial charge is 0.275 e. The number of amides is 2. The highest BCUT2D eigenvalue weighted by Crippen LogP contribution is 2.26. The lowest BCUT2D eigenvalue weighted by Gasteiger charge is -2.37. The molecule has 1 unspecified atom stereocenters. The van der Waals surface area contributed by atoms with Crippen molar-refractivity contribution in [1.29, 1.82) is 0 Å². The van der Waals surface area contributed by atoms with Crippen LogP contribution in [0.2, 0.25) is 0 Å². The Bertz CT molecular complexity index is 1120. The van der Waals surface area contributed by atoms with Crippen LogP contribution in [-0.4, -0.2) is 59.9 Å². The molecule has 5 rings (SSSR count). The maximum Gasteiger partial charge on any atom is 0.275 e. The van der Waals surface area contributed by atoms with Gasteiger partial charge in [-0.15, -0.1) is 0 Å². The molecule has 1 aromatic heterocycles. The Labute approximate surface area is 192 Å². The molecule has 0 aliphatic carbocycles. The highest BCUT2D eigenvalue weighted by molar-refractivity contribution is 5.99. The summed E-state index contributed by atoms with van der Waals surface area (Å²) in [4.78, 5) is 39.3. The summed E-state index contributed by atoms with van der Waals surface area (Å²) in [6.45, 7) is 6.03. The number of carbonyl (C=O) groups is 2. The van der Waals surface area contributed by atoms with Crippen LogP contribution in [0.25, 0.3) is 10.8 Å².